The van der Waals surface area contributed by atoms with Gasteiger partial charge in [-0.05, 0) is 24.5 Å². The van der Waals surface area contributed by atoms with Crippen LogP contribution in [0, 0.1) is 0 Å². The van der Waals surface area contributed by atoms with Crippen LogP contribution in [0.5, 0.6) is 0 Å². The van der Waals surface area contributed by atoms with Crippen molar-refractivity contribution in [2.24, 2.45) is 7.05 Å². The lowest BCUT2D eigenvalue weighted by Gasteiger charge is -2.36. The topological polar surface area (TPSA) is 54.3 Å². The highest BCUT2D eigenvalue weighted by molar-refractivity contribution is 5.42. The Morgan fingerprint density at radius 2 is 1.79 bits per heavy atom. The van der Waals surface area contributed by atoms with Gasteiger partial charge in [0.1, 0.15) is 11.6 Å². The minimum Gasteiger partial charge on any atom is -0.354 e. The van der Waals surface area contributed by atoms with Crippen molar-refractivity contribution in [2.75, 3.05) is 31.1 Å². The molecule has 0 unspecified atom stereocenters. The van der Waals surface area contributed by atoms with Crippen LogP contribution in [0.1, 0.15) is 56.6 Å². The summed E-state index contributed by atoms with van der Waals surface area (Å²) in [6, 6.07) is 5.96. The van der Waals surface area contributed by atoms with Crippen molar-refractivity contribution in [3.05, 3.63) is 51.8 Å². The van der Waals surface area contributed by atoms with E-state index in [4.69, 9.17) is 9.97 Å². The molecule has 1 saturated heterocycles. The number of nitrogens with zero attached hydrogens (tertiary/aromatic N) is 5. The number of anilines is 1. The van der Waals surface area contributed by atoms with E-state index in [1.807, 2.05) is 12.3 Å². The second-order valence-corrected chi connectivity index (χ2v) is 9.24. The van der Waals surface area contributed by atoms with E-state index >= 15 is 0 Å². The molecule has 4 rings (SSSR count). The molecule has 0 aromatic carbocycles. The Morgan fingerprint density at radius 3 is 2.39 bits per heavy atom. The van der Waals surface area contributed by atoms with Crippen molar-refractivity contribution < 1.29 is 0 Å². The molecule has 28 heavy (non-hydrogen) atoms. The highest BCUT2D eigenvalue weighted by Gasteiger charge is 2.30. The average molecular weight is 382 g/mol. The molecule has 2 aliphatic rings. The number of rotatable bonds is 4. The van der Waals surface area contributed by atoms with Crippen molar-refractivity contribution >= 4 is 5.82 Å². The molecule has 2 fully saturated rings. The van der Waals surface area contributed by atoms with Crippen LogP contribution in [0.3, 0.4) is 0 Å². The lowest BCUT2D eigenvalue weighted by Crippen LogP contribution is -2.46. The minimum atomic E-state index is 0.0304. The summed E-state index contributed by atoms with van der Waals surface area (Å²) in [4.78, 5) is 26.4. The quantitative estimate of drug-likeness (QED) is 0.815. The summed E-state index contributed by atoms with van der Waals surface area (Å²) >= 11 is 0. The first kappa shape index (κ1) is 19.1. The molecule has 1 aliphatic heterocycles. The van der Waals surface area contributed by atoms with Crippen molar-refractivity contribution in [3.63, 3.8) is 0 Å². The summed E-state index contributed by atoms with van der Waals surface area (Å²) in [6.07, 6.45) is 4.29. The molecule has 0 N–H and O–H groups in total. The second-order valence-electron chi connectivity index (χ2n) is 9.24. The van der Waals surface area contributed by atoms with E-state index in [0.717, 1.165) is 55.6 Å². The van der Waals surface area contributed by atoms with Gasteiger partial charge in [0.2, 0.25) is 0 Å². The van der Waals surface area contributed by atoms with Gasteiger partial charge in [-0.3, -0.25) is 9.69 Å². The van der Waals surface area contributed by atoms with Crippen LogP contribution in [0.4, 0.5) is 5.82 Å². The third-order valence-corrected chi connectivity index (χ3v) is 5.71. The van der Waals surface area contributed by atoms with Crippen LogP contribution in [0.25, 0.3) is 0 Å². The highest BCUT2D eigenvalue weighted by Crippen LogP contribution is 2.39. The molecule has 6 nitrogen and oxygen atoms in total. The fourth-order valence-electron chi connectivity index (χ4n) is 3.60. The lowest BCUT2D eigenvalue weighted by atomic mass is 9.91. The van der Waals surface area contributed by atoms with E-state index < -0.39 is 0 Å². The molecule has 0 spiro atoms. The first-order chi connectivity index (χ1) is 13.3. The lowest BCUT2D eigenvalue weighted by molar-refractivity contribution is 0.249. The number of aromatic nitrogens is 3. The maximum atomic E-state index is 11.8. The maximum Gasteiger partial charge on any atom is 0.250 e. The number of piperazine rings is 1. The van der Waals surface area contributed by atoms with Crippen LogP contribution < -0.4 is 10.5 Å². The van der Waals surface area contributed by atoms with Gasteiger partial charge in [-0.1, -0.05) is 20.8 Å². The van der Waals surface area contributed by atoms with Gasteiger partial charge < -0.3 is 9.47 Å². The first-order valence-corrected chi connectivity index (χ1v) is 10.3. The summed E-state index contributed by atoms with van der Waals surface area (Å²) < 4.78 is 1.61. The van der Waals surface area contributed by atoms with Gasteiger partial charge in [0, 0.05) is 69.4 Å². The second kappa shape index (κ2) is 7.32. The molecule has 0 radical (unpaired) electrons. The van der Waals surface area contributed by atoms with Crippen molar-refractivity contribution in [1.82, 2.24) is 19.4 Å². The van der Waals surface area contributed by atoms with Gasteiger partial charge in [-0.25, -0.2) is 9.97 Å². The highest BCUT2D eigenvalue weighted by atomic mass is 16.1. The van der Waals surface area contributed by atoms with E-state index in [-0.39, 0.29) is 11.0 Å². The maximum absolute atomic E-state index is 11.8. The normalized spacial score (nSPS) is 18.5. The molecule has 1 aliphatic carbocycles. The fraction of sp³-hybridized carbons (Fsp3) is 0.591. The van der Waals surface area contributed by atoms with Crippen LogP contribution in [0.2, 0.25) is 0 Å². The number of hydrogen-bond donors (Lipinski definition) is 0. The summed E-state index contributed by atoms with van der Waals surface area (Å²) in [5.41, 5.74) is 2.31. The Morgan fingerprint density at radius 1 is 1.07 bits per heavy atom. The molecule has 150 valence electrons. The van der Waals surface area contributed by atoms with E-state index in [1.165, 1.54) is 12.8 Å². The molecule has 0 atom stereocenters. The zero-order valence-electron chi connectivity index (χ0n) is 17.5. The van der Waals surface area contributed by atoms with E-state index in [2.05, 4.69) is 36.6 Å². The van der Waals surface area contributed by atoms with Gasteiger partial charge in [0.05, 0.1) is 5.69 Å². The molecule has 0 amide bonds. The fourth-order valence-corrected chi connectivity index (χ4v) is 3.60. The molecule has 1 saturated carbocycles. The Balaban J connectivity index is 1.45. The Labute approximate surface area is 167 Å². The van der Waals surface area contributed by atoms with Gasteiger partial charge >= 0.3 is 0 Å². The number of aryl methyl sites for hydroxylation is 1. The Kier molecular flexibility index (Phi) is 5.00. The van der Waals surface area contributed by atoms with Crippen LogP contribution in [-0.4, -0.2) is 45.6 Å². The van der Waals surface area contributed by atoms with Crippen LogP contribution in [0.15, 0.2) is 29.2 Å². The zero-order valence-corrected chi connectivity index (χ0v) is 17.5. The SMILES string of the molecule is Cn1ccc(CN2CCN(c3cc(C(C)(C)C)nc(C4CC4)n3)CC2)cc1=O. The summed E-state index contributed by atoms with van der Waals surface area (Å²) in [7, 11) is 1.79. The van der Waals surface area contributed by atoms with Crippen molar-refractivity contribution in [1.29, 1.82) is 0 Å². The van der Waals surface area contributed by atoms with Gasteiger partial charge in [-0.15, -0.1) is 0 Å². The minimum absolute atomic E-state index is 0.0304. The van der Waals surface area contributed by atoms with Crippen LogP contribution >= 0.6 is 0 Å². The monoisotopic (exact) mass is 381 g/mol. The number of pyridine rings is 1. The number of hydrogen-bond acceptors (Lipinski definition) is 5. The molecule has 0 bridgehead atoms. The summed E-state index contributed by atoms with van der Waals surface area (Å²) in [5, 5.41) is 0. The summed E-state index contributed by atoms with van der Waals surface area (Å²) in [6.45, 7) is 11.3. The molecule has 2 aromatic rings. The summed E-state index contributed by atoms with van der Waals surface area (Å²) in [5.74, 6) is 2.67. The van der Waals surface area contributed by atoms with Gasteiger partial charge in [-0.2, -0.15) is 0 Å². The molecular weight excluding hydrogens is 350 g/mol. The first-order valence-electron chi connectivity index (χ1n) is 10.3. The van der Waals surface area contributed by atoms with Crippen LogP contribution in [-0.2, 0) is 19.0 Å². The smallest absolute Gasteiger partial charge is 0.250 e. The Hall–Kier alpha value is -2.21. The molecule has 2 aromatic heterocycles. The van der Waals surface area contributed by atoms with E-state index in [1.54, 1.807) is 17.7 Å². The van der Waals surface area contributed by atoms with E-state index in [0.29, 0.717) is 5.92 Å². The van der Waals surface area contributed by atoms with Gasteiger partial charge in [0.25, 0.3) is 5.56 Å². The van der Waals surface area contributed by atoms with Gasteiger partial charge in [0.15, 0.2) is 0 Å². The average Bonchev–Trinajstić information content (AvgIpc) is 3.50. The largest absolute Gasteiger partial charge is 0.354 e. The van der Waals surface area contributed by atoms with E-state index in [9.17, 15) is 4.79 Å². The predicted octanol–water partition coefficient (Wildman–Crippen LogP) is 2.67. The standard InChI is InChI=1S/C22H31N5O/c1-22(2,3)18-14-19(24-21(23-18)17-5-6-17)27-11-9-26(10-12-27)15-16-7-8-25(4)20(28)13-16/h7-8,13-14,17H,5-6,9-12,15H2,1-4H3. The van der Waals surface area contributed by atoms with Crippen molar-refractivity contribution in [3.8, 4) is 0 Å². The third-order valence-electron chi connectivity index (χ3n) is 5.71. The van der Waals surface area contributed by atoms with Crippen molar-refractivity contribution in [2.45, 2.75) is 51.5 Å². The molecular formula is C22H31N5O. The predicted molar refractivity (Wildman–Crippen MR) is 112 cm³/mol. The molecule has 6 heteroatoms. The third kappa shape index (κ3) is 4.27. The zero-order chi connectivity index (χ0) is 19.9. The molecule has 3 heterocycles. The Bertz CT molecular complexity index is 902.